The third kappa shape index (κ3) is 5.40. The predicted octanol–water partition coefficient (Wildman–Crippen LogP) is 1.14. The van der Waals surface area contributed by atoms with E-state index < -0.39 is 0 Å². The minimum Gasteiger partial charge on any atom is -0.221 e. The summed E-state index contributed by atoms with van der Waals surface area (Å²) < 4.78 is 0. The summed E-state index contributed by atoms with van der Waals surface area (Å²) in [6, 6.07) is 0. The summed E-state index contributed by atoms with van der Waals surface area (Å²) in [5.74, 6) is 0. The monoisotopic (exact) mass is 116 g/mol. The van der Waals surface area contributed by atoms with Crippen LogP contribution in [0.5, 0.6) is 0 Å². The first kappa shape index (κ1) is 7.40. The van der Waals surface area contributed by atoms with Crippen LogP contribution in [0.1, 0.15) is 6.42 Å². The van der Waals surface area contributed by atoms with Gasteiger partial charge < -0.3 is 0 Å². The highest BCUT2D eigenvalue weighted by Gasteiger charge is 1.78. The van der Waals surface area contributed by atoms with Gasteiger partial charge in [-0.1, -0.05) is 11.6 Å². The second-order valence-corrected chi connectivity index (χ2v) is 1.09. The molecule has 0 unspecified atom stereocenters. The minimum atomic E-state index is 0.318. The molecule has 0 amide bonds. The molecule has 0 fully saturated rings. The highest BCUT2D eigenvalue weighted by molar-refractivity contribution is 4.74. The van der Waals surface area contributed by atoms with Gasteiger partial charge in [-0.2, -0.15) is 0 Å². The van der Waals surface area contributed by atoms with Crippen molar-refractivity contribution in [3.63, 3.8) is 0 Å². The fraction of sp³-hybridized carbons (Fsp3) is 0.400. The molecular formula is C5H8O3. The first-order valence-corrected chi connectivity index (χ1v) is 2.19. The van der Waals surface area contributed by atoms with Gasteiger partial charge in [-0.15, -0.1) is 5.73 Å². The average molecular weight is 116 g/mol. The van der Waals surface area contributed by atoms with Gasteiger partial charge in [0.05, 0.1) is 6.61 Å². The summed E-state index contributed by atoms with van der Waals surface area (Å²) in [4.78, 5) is 4.09. The Kier molecular flexibility index (Phi) is 5.92. The molecule has 0 aliphatic rings. The molecule has 0 saturated carbocycles. The van der Waals surface area contributed by atoms with Crippen molar-refractivity contribution in [1.82, 2.24) is 0 Å². The molecule has 3 heteroatoms. The van der Waals surface area contributed by atoms with Crippen LogP contribution in [0.3, 0.4) is 0 Å². The lowest BCUT2D eigenvalue weighted by molar-refractivity contribution is -0.490. The quantitative estimate of drug-likeness (QED) is 0.259. The van der Waals surface area contributed by atoms with Crippen molar-refractivity contribution in [2.24, 2.45) is 0 Å². The van der Waals surface area contributed by atoms with Crippen molar-refractivity contribution in [2.45, 2.75) is 6.42 Å². The maximum Gasteiger partial charge on any atom is 0.0894 e. The van der Waals surface area contributed by atoms with Crippen molar-refractivity contribution in [1.29, 1.82) is 0 Å². The summed E-state index contributed by atoms with van der Waals surface area (Å²) in [5.41, 5.74) is 2.53. The van der Waals surface area contributed by atoms with Crippen molar-refractivity contribution in [3.05, 3.63) is 18.4 Å². The first-order chi connectivity index (χ1) is 3.91. The number of rotatable bonds is 4. The van der Waals surface area contributed by atoms with E-state index >= 15 is 0 Å². The molecule has 0 heterocycles. The zero-order valence-corrected chi connectivity index (χ0v) is 4.46. The van der Waals surface area contributed by atoms with Gasteiger partial charge in [-0.25, -0.2) is 10.1 Å². The van der Waals surface area contributed by atoms with E-state index in [1.54, 1.807) is 6.08 Å². The van der Waals surface area contributed by atoms with Gasteiger partial charge in [0, 0.05) is 0 Å². The summed E-state index contributed by atoms with van der Waals surface area (Å²) in [6.45, 7) is 3.64. The fourth-order valence-electron chi connectivity index (χ4n) is 0.246. The third-order valence-electron chi connectivity index (χ3n) is 0.543. The van der Waals surface area contributed by atoms with Crippen LogP contribution in [-0.2, 0) is 9.93 Å². The Morgan fingerprint density at radius 1 is 1.75 bits per heavy atom. The van der Waals surface area contributed by atoms with Gasteiger partial charge in [0.2, 0.25) is 0 Å². The molecule has 0 bridgehead atoms. The van der Waals surface area contributed by atoms with Crippen LogP contribution in [0.15, 0.2) is 18.4 Å². The minimum absolute atomic E-state index is 0.318. The normalized spacial score (nSPS) is 8.12. The van der Waals surface area contributed by atoms with Crippen LogP contribution in [0.25, 0.3) is 0 Å². The van der Waals surface area contributed by atoms with Crippen LogP contribution in [-0.4, -0.2) is 11.9 Å². The maximum absolute atomic E-state index is 7.59. The zero-order chi connectivity index (χ0) is 6.24. The summed E-state index contributed by atoms with van der Waals surface area (Å²) in [7, 11) is 0. The second kappa shape index (κ2) is 6.40. The Labute approximate surface area is 47.7 Å². The van der Waals surface area contributed by atoms with Crippen molar-refractivity contribution in [3.8, 4) is 0 Å². The van der Waals surface area contributed by atoms with E-state index in [9.17, 15) is 0 Å². The molecule has 1 N–H and O–H groups in total. The zero-order valence-electron chi connectivity index (χ0n) is 4.46. The Hall–Kier alpha value is -0.600. The summed E-state index contributed by atoms with van der Waals surface area (Å²) in [6.07, 6.45) is 2.32. The van der Waals surface area contributed by atoms with Gasteiger partial charge in [-0.3, -0.25) is 0 Å². The lowest BCUT2D eigenvalue weighted by Crippen LogP contribution is -1.89. The molecule has 0 rings (SSSR count). The van der Waals surface area contributed by atoms with Gasteiger partial charge >= 0.3 is 0 Å². The highest BCUT2D eigenvalue weighted by Crippen LogP contribution is 1.81. The van der Waals surface area contributed by atoms with E-state index in [0.717, 1.165) is 0 Å². The Balaban J connectivity index is 2.82. The SMILES string of the molecule is C=C=CCCOOO. The average Bonchev–Trinajstić information content (AvgIpc) is 1.81. The highest BCUT2D eigenvalue weighted by atomic mass is 17.5. The van der Waals surface area contributed by atoms with E-state index in [1.165, 1.54) is 0 Å². The molecule has 0 aromatic carbocycles. The molecule has 0 aromatic rings. The molecule has 3 nitrogen and oxygen atoms in total. The Morgan fingerprint density at radius 2 is 2.50 bits per heavy atom. The second-order valence-electron chi connectivity index (χ2n) is 1.09. The molecule has 0 atom stereocenters. The lowest BCUT2D eigenvalue weighted by atomic mass is 10.4. The van der Waals surface area contributed by atoms with Crippen LogP contribution < -0.4 is 0 Å². The molecule has 0 saturated heterocycles. The number of hydrogen-bond acceptors (Lipinski definition) is 3. The molecule has 0 aromatic heterocycles. The molecule has 0 aliphatic heterocycles. The smallest absolute Gasteiger partial charge is 0.0894 e. The summed E-state index contributed by atoms with van der Waals surface area (Å²) >= 11 is 0. The van der Waals surface area contributed by atoms with Crippen LogP contribution in [0, 0.1) is 0 Å². The van der Waals surface area contributed by atoms with Crippen molar-refractivity contribution in [2.75, 3.05) is 6.61 Å². The fourth-order valence-corrected chi connectivity index (χ4v) is 0.246. The van der Waals surface area contributed by atoms with E-state index in [0.29, 0.717) is 13.0 Å². The van der Waals surface area contributed by atoms with Gasteiger partial charge in [0.1, 0.15) is 0 Å². The predicted molar refractivity (Wildman–Crippen MR) is 28.0 cm³/mol. The first-order valence-electron chi connectivity index (χ1n) is 2.19. The van der Waals surface area contributed by atoms with E-state index in [2.05, 4.69) is 22.2 Å². The Bertz CT molecular complexity index is 83.7. The maximum atomic E-state index is 7.59. The molecular weight excluding hydrogens is 108 g/mol. The van der Waals surface area contributed by atoms with E-state index in [4.69, 9.17) is 5.26 Å². The van der Waals surface area contributed by atoms with Gasteiger partial charge in [-0.05, 0) is 12.5 Å². The van der Waals surface area contributed by atoms with Crippen molar-refractivity contribution >= 4 is 0 Å². The van der Waals surface area contributed by atoms with Crippen LogP contribution >= 0.6 is 0 Å². The number of hydrogen-bond donors (Lipinski definition) is 1. The molecule has 0 radical (unpaired) electrons. The largest absolute Gasteiger partial charge is 0.221 e. The molecule has 46 valence electrons. The third-order valence-corrected chi connectivity index (χ3v) is 0.543. The van der Waals surface area contributed by atoms with Crippen molar-refractivity contribution < 1.29 is 15.2 Å². The lowest BCUT2D eigenvalue weighted by Gasteiger charge is -1.89. The molecule has 0 spiro atoms. The van der Waals surface area contributed by atoms with Crippen LogP contribution in [0.2, 0.25) is 0 Å². The molecule has 0 aliphatic carbocycles. The topological polar surface area (TPSA) is 38.7 Å². The molecule has 8 heavy (non-hydrogen) atoms. The van der Waals surface area contributed by atoms with Crippen LogP contribution in [0.4, 0.5) is 0 Å². The standard InChI is InChI=1S/C5H8O3/c1-2-3-4-5-7-8-6/h3,6H,1,4-5H2. The van der Waals surface area contributed by atoms with E-state index in [1.807, 2.05) is 0 Å². The summed E-state index contributed by atoms with van der Waals surface area (Å²) in [5, 5.41) is 10.9. The Morgan fingerprint density at radius 3 is 3.00 bits per heavy atom. The van der Waals surface area contributed by atoms with E-state index in [-0.39, 0.29) is 0 Å². The van der Waals surface area contributed by atoms with Gasteiger partial charge in [0.15, 0.2) is 0 Å². The van der Waals surface area contributed by atoms with Gasteiger partial charge in [0.25, 0.3) is 0 Å².